The fourth-order valence-corrected chi connectivity index (χ4v) is 4.16. The second-order valence-corrected chi connectivity index (χ2v) is 9.14. The highest BCUT2D eigenvalue weighted by Gasteiger charge is 2.17. The standard InChI is InChI=1S/C27H19BrN4O5/c28-18-11-9-16(10-12-18)13-23-29-21-7-3-2-6-19(21)26(35)32(23)15-24(33)30-31-25(34)20-14-17-5-1-4-8-22(17)37-27(20)36/h1-12,14H,13,15H2,(H,30,33)(H,31,34). The number of hydrogen-bond acceptors (Lipinski definition) is 6. The number of amides is 2. The third-order valence-electron chi connectivity index (χ3n) is 5.72. The molecule has 0 radical (unpaired) electrons. The van der Waals surface area contributed by atoms with Crippen molar-refractivity contribution < 1.29 is 14.0 Å². The van der Waals surface area contributed by atoms with Gasteiger partial charge in [0.15, 0.2) is 0 Å². The van der Waals surface area contributed by atoms with Crippen molar-refractivity contribution in [3.05, 3.63) is 121 Å². The first-order valence-electron chi connectivity index (χ1n) is 11.2. The minimum atomic E-state index is -0.841. The van der Waals surface area contributed by atoms with Gasteiger partial charge in [0.1, 0.15) is 23.5 Å². The first kappa shape index (κ1) is 24.1. The Bertz CT molecular complexity index is 1780. The van der Waals surface area contributed by atoms with Gasteiger partial charge in [-0.1, -0.05) is 58.4 Å². The highest BCUT2D eigenvalue weighted by Crippen LogP contribution is 2.15. The summed E-state index contributed by atoms with van der Waals surface area (Å²) in [7, 11) is 0. The lowest BCUT2D eigenvalue weighted by Gasteiger charge is -2.14. The molecule has 2 heterocycles. The van der Waals surface area contributed by atoms with Crippen LogP contribution < -0.4 is 22.0 Å². The van der Waals surface area contributed by atoms with Gasteiger partial charge in [0.05, 0.1) is 10.9 Å². The first-order chi connectivity index (χ1) is 17.9. The van der Waals surface area contributed by atoms with Crippen molar-refractivity contribution >= 4 is 49.6 Å². The maximum Gasteiger partial charge on any atom is 0.349 e. The van der Waals surface area contributed by atoms with Crippen molar-refractivity contribution in [3.63, 3.8) is 0 Å². The van der Waals surface area contributed by atoms with E-state index in [0.717, 1.165) is 10.0 Å². The zero-order chi connectivity index (χ0) is 25.9. The number of rotatable bonds is 5. The zero-order valence-corrected chi connectivity index (χ0v) is 20.8. The number of hydrazine groups is 1. The van der Waals surface area contributed by atoms with Crippen LogP contribution >= 0.6 is 15.9 Å². The maximum atomic E-state index is 13.3. The molecule has 2 N–H and O–H groups in total. The second-order valence-electron chi connectivity index (χ2n) is 8.23. The summed E-state index contributed by atoms with van der Waals surface area (Å²) in [5.41, 5.74) is 4.76. The Hall–Kier alpha value is -4.57. The molecule has 10 heteroatoms. The molecule has 9 nitrogen and oxygen atoms in total. The van der Waals surface area contributed by atoms with Gasteiger partial charge in [-0.05, 0) is 42.0 Å². The Labute approximate surface area is 217 Å². The summed E-state index contributed by atoms with van der Waals surface area (Å²) in [4.78, 5) is 55.4. The van der Waals surface area contributed by atoms with Crippen molar-refractivity contribution in [3.8, 4) is 0 Å². The molecular weight excluding hydrogens is 540 g/mol. The van der Waals surface area contributed by atoms with Gasteiger partial charge in [0.25, 0.3) is 17.4 Å². The van der Waals surface area contributed by atoms with Gasteiger partial charge in [-0.25, -0.2) is 9.78 Å². The van der Waals surface area contributed by atoms with Crippen LogP contribution in [0.3, 0.4) is 0 Å². The molecule has 5 rings (SSSR count). The van der Waals surface area contributed by atoms with E-state index in [4.69, 9.17) is 4.42 Å². The molecule has 0 spiro atoms. The third-order valence-corrected chi connectivity index (χ3v) is 6.25. The summed E-state index contributed by atoms with van der Waals surface area (Å²) in [6, 6.07) is 22.6. The number of carbonyl (C=O) groups excluding carboxylic acids is 2. The number of hydrogen-bond donors (Lipinski definition) is 2. The number of fused-ring (bicyclic) bond motifs is 2. The number of benzene rings is 3. The van der Waals surface area contributed by atoms with Crippen LogP contribution in [0.4, 0.5) is 0 Å². The van der Waals surface area contributed by atoms with Crippen LogP contribution in [0.5, 0.6) is 0 Å². The molecule has 0 aliphatic rings. The molecule has 0 unspecified atom stereocenters. The number of nitrogens with zero attached hydrogens (tertiary/aromatic N) is 2. The van der Waals surface area contributed by atoms with Crippen molar-refractivity contribution in [1.82, 2.24) is 20.4 Å². The molecule has 0 aliphatic heterocycles. The first-order valence-corrected chi connectivity index (χ1v) is 12.0. The van der Waals surface area contributed by atoms with E-state index in [9.17, 15) is 19.2 Å². The Morgan fingerprint density at radius 3 is 2.46 bits per heavy atom. The Kier molecular flexibility index (Phi) is 6.65. The lowest BCUT2D eigenvalue weighted by Crippen LogP contribution is -2.45. The number of carbonyl (C=O) groups is 2. The predicted molar refractivity (Wildman–Crippen MR) is 141 cm³/mol. The Morgan fingerprint density at radius 2 is 1.65 bits per heavy atom. The van der Waals surface area contributed by atoms with Crippen LogP contribution in [0.2, 0.25) is 0 Å². The van der Waals surface area contributed by atoms with Crippen LogP contribution in [0.25, 0.3) is 21.9 Å². The van der Waals surface area contributed by atoms with Gasteiger partial charge in [-0.3, -0.25) is 29.8 Å². The summed E-state index contributed by atoms with van der Waals surface area (Å²) in [6.45, 7) is -0.394. The molecular formula is C27H19BrN4O5. The van der Waals surface area contributed by atoms with Crippen LogP contribution in [-0.2, 0) is 17.8 Å². The van der Waals surface area contributed by atoms with Gasteiger partial charge < -0.3 is 4.42 Å². The summed E-state index contributed by atoms with van der Waals surface area (Å²) in [6.07, 6.45) is 0.311. The minimum absolute atomic E-state index is 0.264. The molecule has 2 aromatic heterocycles. The van der Waals surface area contributed by atoms with Crippen LogP contribution in [0, 0.1) is 0 Å². The average molecular weight is 559 g/mol. The topological polar surface area (TPSA) is 123 Å². The number of para-hydroxylation sites is 2. The van der Waals surface area contributed by atoms with E-state index < -0.39 is 24.0 Å². The number of aromatic nitrogens is 2. The van der Waals surface area contributed by atoms with Gasteiger partial charge >= 0.3 is 5.63 Å². The van der Waals surface area contributed by atoms with E-state index in [2.05, 4.69) is 31.8 Å². The average Bonchev–Trinajstić information content (AvgIpc) is 2.90. The molecule has 2 amide bonds. The molecule has 0 saturated carbocycles. The van der Waals surface area contributed by atoms with Crippen LogP contribution in [-0.4, -0.2) is 21.4 Å². The van der Waals surface area contributed by atoms with E-state index in [1.165, 1.54) is 10.6 Å². The highest BCUT2D eigenvalue weighted by atomic mass is 79.9. The molecule has 0 bridgehead atoms. The summed E-state index contributed by atoms with van der Waals surface area (Å²) >= 11 is 3.40. The van der Waals surface area contributed by atoms with E-state index in [-0.39, 0.29) is 11.1 Å². The van der Waals surface area contributed by atoms with E-state index >= 15 is 0 Å². The summed E-state index contributed by atoms with van der Waals surface area (Å²) in [5, 5.41) is 0.928. The van der Waals surface area contributed by atoms with Crippen molar-refractivity contribution in [2.45, 2.75) is 13.0 Å². The van der Waals surface area contributed by atoms with Crippen molar-refractivity contribution in [2.24, 2.45) is 0 Å². The third kappa shape index (κ3) is 5.19. The van der Waals surface area contributed by atoms with Crippen molar-refractivity contribution in [2.75, 3.05) is 0 Å². The number of halogens is 1. The van der Waals surface area contributed by atoms with Gasteiger partial charge in [-0.15, -0.1) is 0 Å². The van der Waals surface area contributed by atoms with Crippen LogP contribution in [0.1, 0.15) is 21.7 Å². The highest BCUT2D eigenvalue weighted by molar-refractivity contribution is 9.10. The Morgan fingerprint density at radius 1 is 0.919 bits per heavy atom. The molecule has 3 aromatic carbocycles. The van der Waals surface area contributed by atoms with Gasteiger partial charge in [-0.2, -0.15) is 0 Å². The lowest BCUT2D eigenvalue weighted by molar-refractivity contribution is -0.122. The normalized spacial score (nSPS) is 10.9. The molecule has 5 aromatic rings. The molecule has 184 valence electrons. The number of nitrogens with one attached hydrogen (secondary N) is 2. The quantitative estimate of drug-likeness (QED) is 0.252. The van der Waals surface area contributed by atoms with Gasteiger partial charge in [0.2, 0.25) is 0 Å². The Balaban J connectivity index is 1.38. The molecule has 37 heavy (non-hydrogen) atoms. The molecule has 0 atom stereocenters. The largest absolute Gasteiger partial charge is 0.422 e. The van der Waals surface area contributed by atoms with Crippen LogP contribution in [0.15, 0.2) is 97.3 Å². The summed E-state index contributed by atoms with van der Waals surface area (Å²) in [5.74, 6) is -1.12. The predicted octanol–water partition coefficient (Wildman–Crippen LogP) is 3.32. The monoisotopic (exact) mass is 558 g/mol. The smallest absolute Gasteiger partial charge is 0.349 e. The van der Waals surface area contributed by atoms with E-state index in [1.807, 2.05) is 24.3 Å². The SMILES string of the molecule is O=C(Cn1c(Cc2ccc(Br)cc2)nc2ccccc2c1=O)NNC(=O)c1cc2ccccc2oc1=O. The maximum absolute atomic E-state index is 13.3. The minimum Gasteiger partial charge on any atom is -0.422 e. The summed E-state index contributed by atoms with van der Waals surface area (Å²) < 4.78 is 7.35. The van der Waals surface area contributed by atoms with Gasteiger partial charge in [0, 0.05) is 16.3 Å². The molecule has 0 saturated heterocycles. The fourth-order valence-electron chi connectivity index (χ4n) is 3.89. The molecule has 0 aliphatic carbocycles. The van der Waals surface area contributed by atoms with E-state index in [1.54, 1.807) is 48.5 Å². The van der Waals surface area contributed by atoms with E-state index in [0.29, 0.717) is 34.1 Å². The molecule has 0 fully saturated rings. The fraction of sp³-hybridized carbons (Fsp3) is 0.0741. The second kappa shape index (κ2) is 10.2. The van der Waals surface area contributed by atoms with Crippen molar-refractivity contribution in [1.29, 1.82) is 0 Å². The lowest BCUT2D eigenvalue weighted by atomic mass is 10.1. The zero-order valence-electron chi connectivity index (χ0n) is 19.2.